The number of nitrogens with two attached hydrogens (primary N) is 1. The Balaban J connectivity index is 1.82. The van der Waals surface area contributed by atoms with Crippen LogP contribution in [0, 0.1) is 18.6 Å². The highest BCUT2D eigenvalue weighted by Crippen LogP contribution is 2.29. The van der Waals surface area contributed by atoms with Gasteiger partial charge in [0.05, 0.1) is 18.1 Å². The monoisotopic (exact) mass is 382 g/mol. The highest BCUT2D eigenvalue weighted by molar-refractivity contribution is 7.11. The van der Waals surface area contributed by atoms with Gasteiger partial charge in [0, 0.05) is 25.2 Å². The molecular formula is C16H17F3N6S. The summed E-state index contributed by atoms with van der Waals surface area (Å²) in [5, 5.41) is 9.55. The average Bonchev–Trinajstić information content (AvgIpc) is 3.15. The summed E-state index contributed by atoms with van der Waals surface area (Å²) >= 11 is 1.40. The maximum absolute atomic E-state index is 14.2. The van der Waals surface area contributed by atoms with Gasteiger partial charge < -0.3 is 15.2 Å². The Morgan fingerprint density at radius 2 is 2.12 bits per heavy atom. The number of alkyl halides is 1. The van der Waals surface area contributed by atoms with Crippen LogP contribution < -0.4 is 10.6 Å². The van der Waals surface area contributed by atoms with Crippen molar-refractivity contribution in [1.29, 1.82) is 0 Å². The van der Waals surface area contributed by atoms with E-state index in [9.17, 15) is 13.2 Å². The Morgan fingerprint density at radius 3 is 2.81 bits per heavy atom. The van der Waals surface area contributed by atoms with E-state index in [4.69, 9.17) is 5.73 Å². The highest BCUT2D eigenvalue weighted by Gasteiger charge is 2.30. The van der Waals surface area contributed by atoms with Crippen LogP contribution in [0.25, 0.3) is 11.0 Å². The van der Waals surface area contributed by atoms with Crippen LogP contribution in [-0.4, -0.2) is 45.1 Å². The molecule has 1 aromatic carbocycles. The van der Waals surface area contributed by atoms with E-state index < -0.39 is 23.8 Å². The van der Waals surface area contributed by atoms with E-state index in [1.54, 1.807) is 4.57 Å². The molecular weight excluding hydrogens is 365 g/mol. The summed E-state index contributed by atoms with van der Waals surface area (Å²) in [4.78, 5) is 6.18. The van der Waals surface area contributed by atoms with Crippen LogP contribution in [-0.2, 0) is 6.54 Å². The second-order valence-corrected chi connectivity index (χ2v) is 7.65. The van der Waals surface area contributed by atoms with Crippen molar-refractivity contribution in [3.63, 3.8) is 0 Å². The zero-order chi connectivity index (χ0) is 18.4. The molecule has 1 saturated heterocycles. The van der Waals surface area contributed by atoms with Crippen molar-refractivity contribution in [1.82, 2.24) is 19.7 Å². The number of anilines is 1. The van der Waals surface area contributed by atoms with Gasteiger partial charge in [0.25, 0.3) is 0 Å². The predicted octanol–water partition coefficient (Wildman–Crippen LogP) is 2.40. The number of aromatic nitrogens is 4. The minimum Gasteiger partial charge on any atom is -0.340 e. The lowest BCUT2D eigenvalue weighted by Crippen LogP contribution is -2.50. The molecule has 0 amide bonds. The predicted molar refractivity (Wildman–Crippen MR) is 93.1 cm³/mol. The second kappa shape index (κ2) is 6.51. The van der Waals surface area contributed by atoms with Crippen LogP contribution in [0.15, 0.2) is 12.1 Å². The van der Waals surface area contributed by atoms with Gasteiger partial charge >= 0.3 is 0 Å². The number of nitrogens with zero attached hydrogens (tertiary/aromatic N) is 5. The SMILES string of the molecule is Cc1nnc(Cn2c(N3CCC(F)[C@H](N)C3)nc3c(F)cc(F)cc32)s1. The molecule has 2 atom stereocenters. The van der Waals surface area contributed by atoms with Crippen LogP contribution in [0.3, 0.4) is 0 Å². The van der Waals surface area contributed by atoms with E-state index in [-0.39, 0.29) is 25.0 Å². The molecule has 4 rings (SSSR count). The number of rotatable bonds is 3. The van der Waals surface area contributed by atoms with Crippen LogP contribution in [0.1, 0.15) is 16.4 Å². The van der Waals surface area contributed by atoms with Crippen molar-refractivity contribution in [2.75, 3.05) is 18.0 Å². The molecule has 1 unspecified atom stereocenters. The standard InChI is InChI=1S/C16H17F3N6S/c1-8-22-23-14(26-8)7-25-13-5-9(17)4-11(19)15(13)21-16(25)24-3-2-10(18)12(20)6-24/h4-5,10,12H,2-3,6-7,20H2,1H3/t10?,12-/m1/s1. The number of halogens is 3. The third-order valence-electron chi connectivity index (χ3n) is 4.47. The summed E-state index contributed by atoms with van der Waals surface area (Å²) in [5.74, 6) is -0.992. The molecule has 0 saturated carbocycles. The molecule has 0 radical (unpaired) electrons. The minimum absolute atomic E-state index is 0.0681. The van der Waals surface area contributed by atoms with Crippen LogP contribution in [0.5, 0.6) is 0 Å². The molecule has 1 fully saturated rings. The van der Waals surface area contributed by atoms with Gasteiger partial charge in [0.15, 0.2) is 5.82 Å². The van der Waals surface area contributed by atoms with Gasteiger partial charge in [-0.2, -0.15) is 0 Å². The molecule has 2 aromatic heterocycles. The number of hydrogen-bond acceptors (Lipinski definition) is 6. The van der Waals surface area contributed by atoms with Crippen molar-refractivity contribution >= 4 is 28.3 Å². The topological polar surface area (TPSA) is 72.9 Å². The molecule has 10 heteroatoms. The van der Waals surface area contributed by atoms with Crippen LogP contribution >= 0.6 is 11.3 Å². The van der Waals surface area contributed by atoms with E-state index in [1.165, 1.54) is 17.4 Å². The van der Waals surface area contributed by atoms with Gasteiger partial charge in [-0.05, 0) is 13.3 Å². The lowest BCUT2D eigenvalue weighted by molar-refractivity contribution is 0.243. The summed E-state index contributed by atoms with van der Waals surface area (Å²) in [7, 11) is 0. The molecule has 0 spiro atoms. The molecule has 0 bridgehead atoms. The second-order valence-electron chi connectivity index (χ2n) is 6.38. The first-order chi connectivity index (χ1) is 12.4. The Labute approximate surface area is 151 Å². The van der Waals surface area contributed by atoms with Gasteiger partial charge in [0.2, 0.25) is 5.95 Å². The fourth-order valence-corrected chi connectivity index (χ4v) is 3.90. The lowest BCUT2D eigenvalue weighted by Gasteiger charge is -2.34. The van der Waals surface area contributed by atoms with E-state index in [0.717, 1.165) is 11.1 Å². The van der Waals surface area contributed by atoms with Crippen LogP contribution in [0.4, 0.5) is 19.1 Å². The quantitative estimate of drug-likeness (QED) is 0.753. The number of imidazole rings is 1. The summed E-state index contributed by atoms with van der Waals surface area (Å²) in [5.41, 5.74) is 6.24. The van der Waals surface area contributed by atoms with E-state index >= 15 is 0 Å². The Morgan fingerprint density at radius 1 is 1.31 bits per heavy atom. The van der Waals surface area contributed by atoms with Crippen molar-refractivity contribution in [2.45, 2.75) is 32.1 Å². The third-order valence-corrected chi connectivity index (χ3v) is 5.29. The molecule has 1 aliphatic heterocycles. The third kappa shape index (κ3) is 3.03. The summed E-state index contributed by atoms with van der Waals surface area (Å²) in [6.07, 6.45) is -0.817. The molecule has 26 heavy (non-hydrogen) atoms. The summed E-state index contributed by atoms with van der Waals surface area (Å²) in [6.45, 7) is 2.75. The largest absolute Gasteiger partial charge is 0.340 e. The van der Waals surface area contributed by atoms with Crippen molar-refractivity contribution in [3.8, 4) is 0 Å². The molecule has 3 aromatic rings. The van der Waals surface area contributed by atoms with E-state index in [1.807, 2.05) is 11.8 Å². The minimum atomic E-state index is -1.08. The van der Waals surface area contributed by atoms with Gasteiger partial charge in [-0.1, -0.05) is 11.3 Å². The summed E-state index contributed by atoms with van der Waals surface area (Å²) in [6, 6.07) is 1.39. The number of hydrogen-bond donors (Lipinski definition) is 1. The van der Waals surface area contributed by atoms with Gasteiger partial charge in [-0.3, -0.25) is 0 Å². The lowest BCUT2D eigenvalue weighted by atomic mass is 10.1. The molecule has 2 N–H and O–H groups in total. The molecule has 138 valence electrons. The first-order valence-corrected chi connectivity index (χ1v) is 9.03. The normalized spacial score (nSPS) is 20.9. The van der Waals surface area contributed by atoms with Crippen molar-refractivity contribution < 1.29 is 13.2 Å². The van der Waals surface area contributed by atoms with Crippen molar-refractivity contribution in [3.05, 3.63) is 33.8 Å². The number of aryl methyl sites for hydroxylation is 1. The Hall–Kier alpha value is -2.20. The van der Waals surface area contributed by atoms with E-state index in [2.05, 4.69) is 15.2 Å². The summed E-state index contributed by atoms with van der Waals surface area (Å²) < 4.78 is 43.5. The maximum atomic E-state index is 14.2. The number of piperidine rings is 1. The maximum Gasteiger partial charge on any atom is 0.207 e. The Kier molecular flexibility index (Phi) is 4.31. The highest BCUT2D eigenvalue weighted by atomic mass is 32.1. The van der Waals surface area contributed by atoms with Gasteiger partial charge in [0.1, 0.15) is 27.5 Å². The van der Waals surface area contributed by atoms with E-state index in [0.29, 0.717) is 23.0 Å². The van der Waals surface area contributed by atoms with Gasteiger partial charge in [-0.15, -0.1) is 10.2 Å². The fraction of sp³-hybridized carbons (Fsp3) is 0.438. The fourth-order valence-electron chi connectivity index (χ4n) is 3.21. The van der Waals surface area contributed by atoms with Gasteiger partial charge in [-0.25, -0.2) is 18.2 Å². The first kappa shape index (κ1) is 17.2. The molecule has 1 aliphatic rings. The van der Waals surface area contributed by atoms with Crippen molar-refractivity contribution in [2.24, 2.45) is 5.73 Å². The zero-order valence-corrected chi connectivity index (χ0v) is 14.8. The zero-order valence-electron chi connectivity index (χ0n) is 14.0. The Bertz CT molecular complexity index is 955. The number of benzene rings is 1. The molecule has 3 heterocycles. The molecule has 6 nitrogen and oxygen atoms in total. The smallest absolute Gasteiger partial charge is 0.207 e. The molecule has 0 aliphatic carbocycles. The van der Waals surface area contributed by atoms with Crippen LogP contribution in [0.2, 0.25) is 0 Å². The average molecular weight is 382 g/mol. The number of fused-ring (bicyclic) bond motifs is 1. The first-order valence-electron chi connectivity index (χ1n) is 8.21.